The van der Waals surface area contributed by atoms with Crippen LogP contribution < -0.4 is 0 Å². The van der Waals surface area contributed by atoms with Crippen molar-refractivity contribution in [1.82, 2.24) is 25.2 Å². The number of hydrogen-bond acceptors (Lipinski definition) is 7. The Morgan fingerprint density at radius 3 is 2.69 bits per heavy atom. The highest BCUT2D eigenvalue weighted by Crippen LogP contribution is 2.64. The van der Waals surface area contributed by atoms with E-state index in [4.69, 9.17) is 8.94 Å². The van der Waals surface area contributed by atoms with Crippen LogP contribution in [0.2, 0.25) is 0 Å². The van der Waals surface area contributed by atoms with Gasteiger partial charge in [0.05, 0.1) is 6.54 Å². The van der Waals surface area contributed by atoms with Crippen LogP contribution in [0.1, 0.15) is 56.6 Å². The predicted octanol–water partition coefficient (Wildman–Crippen LogP) is 4.09. The van der Waals surface area contributed by atoms with E-state index in [1.807, 2.05) is 30.3 Å². The molecule has 1 saturated carbocycles. The molecule has 3 aromatic rings. The standard InChI is InChI=1S/C22H27N5O2/c1-15(2)12-18-23-19(29-26-18)14-27-10-8-22(9-11-27)13-17(22)21-25-24-20(28-21)16-6-4-3-5-7-16/h3-7,15,17H,8-14H2,1-2H3/t17-/m1/s1. The molecule has 7 nitrogen and oxygen atoms in total. The molecule has 29 heavy (non-hydrogen) atoms. The third-order valence-electron chi connectivity index (χ3n) is 6.26. The number of piperidine rings is 1. The van der Waals surface area contributed by atoms with E-state index in [1.165, 1.54) is 0 Å². The van der Waals surface area contributed by atoms with Crippen molar-refractivity contribution in [2.45, 2.75) is 52.0 Å². The second kappa shape index (κ2) is 7.37. The van der Waals surface area contributed by atoms with Gasteiger partial charge in [0.1, 0.15) is 0 Å². The number of nitrogens with zero attached hydrogens (tertiary/aromatic N) is 5. The van der Waals surface area contributed by atoms with E-state index in [1.54, 1.807) is 0 Å². The molecule has 0 amide bonds. The molecule has 3 heterocycles. The molecule has 0 bridgehead atoms. The lowest BCUT2D eigenvalue weighted by Gasteiger charge is -2.31. The van der Waals surface area contributed by atoms with Gasteiger partial charge in [0, 0.05) is 17.9 Å². The average Bonchev–Trinajstić information content (AvgIpc) is 3.07. The molecule has 2 aliphatic rings. The molecular formula is C22H27N5O2. The van der Waals surface area contributed by atoms with E-state index in [9.17, 15) is 0 Å². The van der Waals surface area contributed by atoms with Crippen LogP contribution in [0.4, 0.5) is 0 Å². The van der Waals surface area contributed by atoms with Crippen molar-refractivity contribution in [3.05, 3.63) is 47.9 Å². The number of likely N-dealkylation sites (tertiary alicyclic amines) is 1. The third-order valence-corrected chi connectivity index (χ3v) is 6.26. The summed E-state index contributed by atoms with van der Waals surface area (Å²) in [5.41, 5.74) is 1.31. The zero-order valence-electron chi connectivity index (χ0n) is 17.0. The maximum Gasteiger partial charge on any atom is 0.247 e. The minimum atomic E-state index is 0.328. The lowest BCUT2D eigenvalue weighted by molar-refractivity contribution is 0.144. The van der Waals surface area contributed by atoms with Gasteiger partial charge in [0.25, 0.3) is 0 Å². The Bertz CT molecular complexity index is 957. The molecular weight excluding hydrogens is 366 g/mol. The van der Waals surface area contributed by atoms with E-state index in [2.05, 4.69) is 39.1 Å². The molecule has 1 aliphatic heterocycles. The van der Waals surface area contributed by atoms with Crippen molar-refractivity contribution in [3.8, 4) is 11.5 Å². The summed E-state index contributed by atoms with van der Waals surface area (Å²) in [6, 6.07) is 9.97. The fourth-order valence-corrected chi connectivity index (χ4v) is 4.47. The molecule has 2 aromatic heterocycles. The molecule has 1 aromatic carbocycles. The Kier molecular flexibility index (Phi) is 4.70. The molecule has 2 fully saturated rings. The Labute approximate surface area is 170 Å². The first kappa shape index (κ1) is 18.5. The molecule has 152 valence electrons. The molecule has 0 unspecified atom stereocenters. The minimum Gasteiger partial charge on any atom is -0.420 e. The second-order valence-corrected chi connectivity index (χ2v) is 8.91. The summed E-state index contributed by atoms with van der Waals surface area (Å²) in [7, 11) is 0. The Hall–Kier alpha value is -2.54. The summed E-state index contributed by atoms with van der Waals surface area (Å²) in [5.74, 6) is 3.90. The Balaban J connectivity index is 1.17. The SMILES string of the molecule is CC(C)Cc1noc(CN2CCC3(CC2)C[C@@H]3c2nnc(-c3ccccc3)o2)n1. The largest absolute Gasteiger partial charge is 0.420 e. The highest BCUT2D eigenvalue weighted by atomic mass is 16.5. The quantitative estimate of drug-likeness (QED) is 0.624. The molecule has 0 N–H and O–H groups in total. The van der Waals surface area contributed by atoms with Crippen LogP contribution in [0.25, 0.3) is 11.5 Å². The van der Waals surface area contributed by atoms with Crippen molar-refractivity contribution in [3.63, 3.8) is 0 Å². The van der Waals surface area contributed by atoms with Gasteiger partial charge < -0.3 is 8.94 Å². The third kappa shape index (κ3) is 3.83. The lowest BCUT2D eigenvalue weighted by Crippen LogP contribution is -2.34. The van der Waals surface area contributed by atoms with E-state index in [-0.39, 0.29) is 0 Å². The van der Waals surface area contributed by atoms with Gasteiger partial charge in [-0.15, -0.1) is 10.2 Å². The second-order valence-electron chi connectivity index (χ2n) is 8.91. The molecule has 1 saturated heterocycles. The fraction of sp³-hybridized carbons (Fsp3) is 0.545. The summed E-state index contributed by atoms with van der Waals surface area (Å²) in [4.78, 5) is 6.95. The molecule has 1 atom stereocenters. The zero-order chi connectivity index (χ0) is 19.8. The van der Waals surface area contributed by atoms with Gasteiger partial charge in [-0.05, 0) is 55.8 Å². The van der Waals surface area contributed by atoms with E-state index >= 15 is 0 Å². The van der Waals surface area contributed by atoms with Crippen molar-refractivity contribution in [2.75, 3.05) is 13.1 Å². The van der Waals surface area contributed by atoms with Crippen molar-refractivity contribution >= 4 is 0 Å². The van der Waals surface area contributed by atoms with Crippen LogP contribution in [-0.4, -0.2) is 38.3 Å². The molecule has 0 radical (unpaired) electrons. The van der Waals surface area contributed by atoms with E-state index in [0.717, 1.165) is 68.5 Å². The van der Waals surface area contributed by atoms with Crippen molar-refractivity contribution in [2.24, 2.45) is 11.3 Å². The summed E-state index contributed by atoms with van der Waals surface area (Å²) in [5, 5.41) is 12.7. The zero-order valence-corrected chi connectivity index (χ0v) is 17.0. The first-order valence-corrected chi connectivity index (χ1v) is 10.5. The highest BCUT2D eigenvalue weighted by molar-refractivity contribution is 5.51. The van der Waals surface area contributed by atoms with Crippen LogP contribution in [0.3, 0.4) is 0 Å². The van der Waals surface area contributed by atoms with Crippen LogP contribution in [0, 0.1) is 11.3 Å². The molecule has 1 aliphatic carbocycles. The van der Waals surface area contributed by atoms with Gasteiger partial charge in [0.2, 0.25) is 17.7 Å². The minimum absolute atomic E-state index is 0.328. The van der Waals surface area contributed by atoms with Gasteiger partial charge in [-0.25, -0.2) is 0 Å². The lowest BCUT2D eigenvalue weighted by atomic mass is 9.91. The van der Waals surface area contributed by atoms with Crippen LogP contribution in [-0.2, 0) is 13.0 Å². The average molecular weight is 393 g/mol. The molecule has 1 spiro atoms. The van der Waals surface area contributed by atoms with Gasteiger partial charge in [-0.3, -0.25) is 4.90 Å². The maximum absolute atomic E-state index is 6.01. The maximum atomic E-state index is 6.01. The van der Waals surface area contributed by atoms with Gasteiger partial charge in [-0.2, -0.15) is 4.98 Å². The summed E-state index contributed by atoms with van der Waals surface area (Å²) in [6.45, 7) is 7.15. The first-order chi connectivity index (χ1) is 14.1. The first-order valence-electron chi connectivity index (χ1n) is 10.5. The highest BCUT2D eigenvalue weighted by Gasteiger charge is 2.58. The molecule has 5 rings (SSSR count). The Morgan fingerprint density at radius 1 is 1.14 bits per heavy atom. The van der Waals surface area contributed by atoms with Crippen LogP contribution in [0.15, 0.2) is 39.3 Å². The number of aromatic nitrogens is 4. The van der Waals surface area contributed by atoms with E-state index < -0.39 is 0 Å². The Morgan fingerprint density at radius 2 is 1.93 bits per heavy atom. The summed E-state index contributed by atoms with van der Waals surface area (Å²) in [6.07, 6.45) is 4.31. The van der Waals surface area contributed by atoms with Crippen molar-refractivity contribution in [1.29, 1.82) is 0 Å². The van der Waals surface area contributed by atoms with Gasteiger partial charge >= 0.3 is 0 Å². The van der Waals surface area contributed by atoms with Crippen LogP contribution in [0.5, 0.6) is 0 Å². The van der Waals surface area contributed by atoms with Gasteiger partial charge in [0.15, 0.2) is 5.82 Å². The smallest absolute Gasteiger partial charge is 0.247 e. The summed E-state index contributed by atoms with van der Waals surface area (Å²) >= 11 is 0. The number of benzene rings is 1. The number of hydrogen-bond donors (Lipinski definition) is 0. The normalized spacial score (nSPS) is 21.1. The van der Waals surface area contributed by atoms with E-state index in [0.29, 0.717) is 23.1 Å². The number of rotatable bonds is 6. The fourth-order valence-electron chi connectivity index (χ4n) is 4.47. The summed E-state index contributed by atoms with van der Waals surface area (Å²) < 4.78 is 11.4. The topological polar surface area (TPSA) is 81.1 Å². The van der Waals surface area contributed by atoms with Crippen molar-refractivity contribution < 1.29 is 8.94 Å². The monoisotopic (exact) mass is 393 g/mol. The molecule has 7 heteroatoms. The van der Waals surface area contributed by atoms with Gasteiger partial charge in [-0.1, -0.05) is 37.2 Å². The van der Waals surface area contributed by atoms with Crippen LogP contribution >= 0.6 is 0 Å². The predicted molar refractivity (Wildman–Crippen MR) is 107 cm³/mol.